The van der Waals surface area contributed by atoms with Crippen molar-refractivity contribution in [2.24, 2.45) is 0 Å². The number of H-pyrrole nitrogens is 1. The molecule has 1 heterocycles. The topological polar surface area (TPSA) is 105 Å². The number of nitro groups is 1. The molecule has 7 nitrogen and oxygen atoms in total. The monoisotopic (exact) mass is 335 g/mol. The van der Waals surface area contributed by atoms with Crippen molar-refractivity contribution in [1.82, 2.24) is 4.98 Å². The van der Waals surface area contributed by atoms with Gasteiger partial charge in [0.25, 0.3) is 10.0 Å². The Hall–Kier alpha value is -2.94. The molecule has 9 heteroatoms. The van der Waals surface area contributed by atoms with E-state index in [0.29, 0.717) is 11.8 Å². The second-order valence-corrected chi connectivity index (χ2v) is 6.44. The van der Waals surface area contributed by atoms with E-state index in [9.17, 15) is 22.9 Å². The highest BCUT2D eigenvalue weighted by molar-refractivity contribution is 7.92. The van der Waals surface area contributed by atoms with Crippen LogP contribution in [-0.4, -0.2) is 18.3 Å². The van der Waals surface area contributed by atoms with Crippen LogP contribution in [0.15, 0.2) is 53.6 Å². The van der Waals surface area contributed by atoms with E-state index in [0.717, 1.165) is 23.0 Å². The Kier molecular flexibility index (Phi) is 3.49. The van der Waals surface area contributed by atoms with E-state index in [2.05, 4.69) is 9.71 Å². The third-order valence-corrected chi connectivity index (χ3v) is 4.61. The van der Waals surface area contributed by atoms with Gasteiger partial charge in [-0.1, -0.05) is 0 Å². The second kappa shape index (κ2) is 5.36. The molecular weight excluding hydrogens is 325 g/mol. The van der Waals surface area contributed by atoms with Crippen LogP contribution < -0.4 is 4.72 Å². The first kappa shape index (κ1) is 15.0. The smallest absolute Gasteiger partial charge is 0.304 e. The van der Waals surface area contributed by atoms with Crippen molar-refractivity contribution in [3.05, 3.63) is 64.6 Å². The minimum Gasteiger partial charge on any atom is -0.361 e. The number of hydrogen-bond donors (Lipinski definition) is 2. The van der Waals surface area contributed by atoms with Crippen LogP contribution >= 0.6 is 0 Å². The molecule has 0 atom stereocenters. The van der Waals surface area contributed by atoms with Crippen molar-refractivity contribution >= 4 is 32.3 Å². The Balaban J connectivity index is 1.94. The molecule has 0 unspecified atom stereocenters. The molecule has 0 aliphatic carbocycles. The summed E-state index contributed by atoms with van der Waals surface area (Å²) >= 11 is 0. The average molecular weight is 335 g/mol. The molecule has 3 aromatic rings. The minimum atomic E-state index is -4.05. The number of sulfonamides is 1. The van der Waals surface area contributed by atoms with Crippen LogP contribution in [0.4, 0.5) is 15.8 Å². The summed E-state index contributed by atoms with van der Waals surface area (Å²) < 4.78 is 40.4. The summed E-state index contributed by atoms with van der Waals surface area (Å²) in [5.41, 5.74) is 0.364. The summed E-state index contributed by atoms with van der Waals surface area (Å²) in [6.45, 7) is 0. The minimum absolute atomic E-state index is 0.302. The van der Waals surface area contributed by atoms with Crippen molar-refractivity contribution in [2.45, 2.75) is 4.90 Å². The van der Waals surface area contributed by atoms with Gasteiger partial charge in [-0.25, -0.2) is 8.42 Å². The van der Waals surface area contributed by atoms with Gasteiger partial charge in [0.2, 0.25) is 5.82 Å². The van der Waals surface area contributed by atoms with Gasteiger partial charge in [0.15, 0.2) is 0 Å². The van der Waals surface area contributed by atoms with Crippen LogP contribution in [0.3, 0.4) is 0 Å². The van der Waals surface area contributed by atoms with Gasteiger partial charge in [-0.2, -0.15) is 4.39 Å². The van der Waals surface area contributed by atoms with Crippen LogP contribution in [-0.2, 0) is 10.0 Å². The van der Waals surface area contributed by atoms with Crippen LogP contribution in [0.2, 0.25) is 0 Å². The number of fused-ring (bicyclic) bond motifs is 1. The molecule has 0 aliphatic heterocycles. The largest absolute Gasteiger partial charge is 0.361 e. The lowest BCUT2D eigenvalue weighted by molar-refractivity contribution is -0.387. The number of aromatic amines is 1. The predicted octanol–water partition coefficient (Wildman–Crippen LogP) is 3.02. The fourth-order valence-electron chi connectivity index (χ4n) is 2.13. The summed E-state index contributed by atoms with van der Waals surface area (Å²) in [5.74, 6) is -1.21. The SMILES string of the molecule is O=[N+]([O-])c1ccc(S(=O)(=O)Nc2ccc3[nH]ccc3c2)cc1F. The summed E-state index contributed by atoms with van der Waals surface area (Å²) in [6, 6.07) is 9.07. The van der Waals surface area contributed by atoms with E-state index in [1.807, 2.05) is 0 Å². The molecule has 0 fully saturated rings. The van der Waals surface area contributed by atoms with Crippen LogP contribution in [0, 0.1) is 15.9 Å². The fraction of sp³-hybridized carbons (Fsp3) is 0. The zero-order valence-corrected chi connectivity index (χ0v) is 12.3. The standard InChI is InChI=1S/C14H10FN3O4S/c15-12-8-11(2-4-14(12)18(19)20)23(21,22)17-10-1-3-13-9(7-10)5-6-16-13/h1-8,16-17H. The molecule has 2 N–H and O–H groups in total. The van der Waals surface area contributed by atoms with Gasteiger partial charge in [-0.05, 0) is 30.3 Å². The van der Waals surface area contributed by atoms with Gasteiger partial charge in [0.05, 0.1) is 9.82 Å². The molecule has 2 aromatic carbocycles. The number of benzene rings is 2. The molecule has 1 aromatic heterocycles. The quantitative estimate of drug-likeness (QED) is 0.564. The van der Waals surface area contributed by atoms with Crippen molar-refractivity contribution in [2.75, 3.05) is 4.72 Å². The summed E-state index contributed by atoms with van der Waals surface area (Å²) in [5, 5.41) is 11.4. The zero-order valence-electron chi connectivity index (χ0n) is 11.5. The Morgan fingerprint density at radius 1 is 1.13 bits per heavy atom. The lowest BCUT2D eigenvalue weighted by atomic mass is 10.2. The molecule has 0 bridgehead atoms. The fourth-order valence-corrected chi connectivity index (χ4v) is 3.19. The molecule has 0 saturated carbocycles. The van der Waals surface area contributed by atoms with Crippen LogP contribution in [0.5, 0.6) is 0 Å². The van der Waals surface area contributed by atoms with Gasteiger partial charge in [0.1, 0.15) is 0 Å². The molecule has 0 spiro atoms. The number of hydrogen-bond acceptors (Lipinski definition) is 4. The Morgan fingerprint density at radius 3 is 2.61 bits per heavy atom. The Morgan fingerprint density at radius 2 is 1.91 bits per heavy atom. The number of anilines is 1. The van der Waals surface area contributed by atoms with Gasteiger partial charge in [-0.3, -0.25) is 14.8 Å². The summed E-state index contributed by atoms with van der Waals surface area (Å²) in [4.78, 5) is 12.2. The highest BCUT2D eigenvalue weighted by Crippen LogP contribution is 2.24. The van der Waals surface area contributed by atoms with E-state index in [4.69, 9.17) is 0 Å². The first-order chi connectivity index (χ1) is 10.9. The lowest BCUT2D eigenvalue weighted by Crippen LogP contribution is -2.13. The maximum Gasteiger partial charge on any atom is 0.304 e. The zero-order chi connectivity index (χ0) is 16.6. The lowest BCUT2D eigenvalue weighted by Gasteiger charge is -2.08. The van der Waals surface area contributed by atoms with Gasteiger partial charge >= 0.3 is 5.69 Å². The molecule has 23 heavy (non-hydrogen) atoms. The number of halogens is 1. The maximum absolute atomic E-state index is 13.6. The van der Waals surface area contributed by atoms with Gasteiger partial charge < -0.3 is 4.98 Å². The highest BCUT2D eigenvalue weighted by Gasteiger charge is 2.20. The predicted molar refractivity (Wildman–Crippen MR) is 82.2 cm³/mol. The molecule has 3 rings (SSSR count). The number of aromatic nitrogens is 1. The van der Waals surface area contributed by atoms with Gasteiger partial charge in [0, 0.05) is 34.9 Å². The van der Waals surface area contributed by atoms with Crippen LogP contribution in [0.25, 0.3) is 10.9 Å². The molecule has 0 radical (unpaired) electrons. The van der Waals surface area contributed by atoms with E-state index in [1.165, 1.54) is 0 Å². The maximum atomic E-state index is 13.6. The van der Waals surface area contributed by atoms with E-state index in [-0.39, 0.29) is 0 Å². The third-order valence-electron chi connectivity index (χ3n) is 3.23. The summed E-state index contributed by atoms with van der Waals surface area (Å²) in [6.07, 6.45) is 1.72. The average Bonchev–Trinajstić information content (AvgIpc) is 2.93. The molecule has 0 aliphatic rings. The number of nitrogens with one attached hydrogen (secondary N) is 2. The third kappa shape index (κ3) is 2.86. The second-order valence-electron chi connectivity index (χ2n) is 4.76. The molecular formula is C14H10FN3O4S. The molecule has 0 amide bonds. The van der Waals surface area contributed by atoms with E-state index < -0.39 is 31.3 Å². The van der Waals surface area contributed by atoms with Crippen molar-refractivity contribution < 1.29 is 17.7 Å². The van der Waals surface area contributed by atoms with Crippen LogP contribution in [0.1, 0.15) is 0 Å². The number of rotatable bonds is 4. The summed E-state index contributed by atoms with van der Waals surface area (Å²) in [7, 11) is -4.05. The Labute approximate surface area is 130 Å². The normalized spacial score (nSPS) is 11.5. The van der Waals surface area contributed by atoms with Crippen molar-refractivity contribution in [3.63, 3.8) is 0 Å². The Bertz CT molecular complexity index is 1010. The van der Waals surface area contributed by atoms with Crippen molar-refractivity contribution in [3.8, 4) is 0 Å². The van der Waals surface area contributed by atoms with E-state index in [1.54, 1.807) is 30.5 Å². The molecule has 118 valence electrons. The van der Waals surface area contributed by atoms with E-state index >= 15 is 0 Å². The molecule has 0 saturated heterocycles. The van der Waals surface area contributed by atoms with Gasteiger partial charge in [-0.15, -0.1) is 0 Å². The number of nitro benzene ring substituents is 1. The first-order valence-electron chi connectivity index (χ1n) is 6.41. The van der Waals surface area contributed by atoms with Crippen molar-refractivity contribution in [1.29, 1.82) is 0 Å². The first-order valence-corrected chi connectivity index (χ1v) is 7.89. The highest BCUT2D eigenvalue weighted by atomic mass is 32.2. The number of nitrogens with zero attached hydrogens (tertiary/aromatic N) is 1.